The molecule has 5 nitrogen and oxygen atoms in total. The number of aromatic nitrogens is 2. The number of nitrogens with zero attached hydrogens (tertiary/aromatic N) is 1. The summed E-state index contributed by atoms with van der Waals surface area (Å²) in [4.78, 5) is 33.7. The molecule has 0 unspecified atom stereocenters. The average molecular weight is 420 g/mol. The Bertz CT molecular complexity index is 1150. The normalized spacial score (nSPS) is 10.6. The van der Waals surface area contributed by atoms with Gasteiger partial charge in [-0.1, -0.05) is 12.1 Å². The number of amides is 1. The van der Waals surface area contributed by atoms with Gasteiger partial charge in [-0.2, -0.15) is 0 Å². The predicted octanol–water partition coefficient (Wildman–Crippen LogP) is 5.04. The fourth-order valence-corrected chi connectivity index (χ4v) is 4.25. The van der Waals surface area contributed by atoms with Gasteiger partial charge in [0, 0.05) is 28.7 Å². The molecule has 0 bridgehead atoms. The molecule has 7 heteroatoms. The summed E-state index contributed by atoms with van der Waals surface area (Å²) < 4.78 is 0. The van der Waals surface area contributed by atoms with Crippen LogP contribution in [0.1, 0.15) is 15.9 Å². The van der Waals surface area contributed by atoms with Gasteiger partial charge in [-0.15, -0.1) is 23.1 Å². The van der Waals surface area contributed by atoms with Crippen LogP contribution in [0.3, 0.4) is 0 Å². The van der Waals surface area contributed by atoms with E-state index < -0.39 is 11.5 Å². The van der Waals surface area contributed by atoms with Crippen LogP contribution >= 0.6 is 23.1 Å². The number of thioether (sulfide) groups is 1. The van der Waals surface area contributed by atoms with Crippen molar-refractivity contribution in [3.05, 3.63) is 99.9 Å². The van der Waals surface area contributed by atoms with Gasteiger partial charge < -0.3 is 10.3 Å². The minimum Gasteiger partial charge on any atom is -0.322 e. The van der Waals surface area contributed by atoms with E-state index in [9.17, 15) is 9.59 Å². The minimum absolute atomic E-state index is 0.0836. The maximum atomic E-state index is 12.5. The first-order chi connectivity index (χ1) is 14.2. The van der Waals surface area contributed by atoms with Crippen LogP contribution in [0.5, 0.6) is 0 Å². The Hall–Kier alpha value is -3.16. The molecule has 0 spiro atoms. The Balaban J connectivity index is 1.40. The van der Waals surface area contributed by atoms with Crippen LogP contribution in [0.2, 0.25) is 0 Å². The van der Waals surface area contributed by atoms with Crippen LogP contribution in [0.4, 0.5) is 5.69 Å². The second-order valence-electron chi connectivity index (χ2n) is 6.22. The van der Waals surface area contributed by atoms with Crippen LogP contribution < -0.4 is 10.9 Å². The van der Waals surface area contributed by atoms with Crippen molar-refractivity contribution in [2.75, 3.05) is 5.32 Å². The minimum atomic E-state index is -0.431. The molecule has 0 aliphatic rings. The smallest absolute Gasteiger partial charge is 0.261 e. The van der Waals surface area contributed by atoms with E-state index in [4.69, 9.17) is 0 Å². The van der Waals surface area contributed by atoms with Gasteiger partial charge in [0.2, 0.25) is 0 Å². The highest BCUT2D eigenvalue weighted by Gasteiger charge is 2.12. The highest BCUT2D eigenvalue weighted by molar-refractivity contribution is 7.98. The summed E-state index contributed by atoms with van der Waals surface area (Å²) in [7, 11) is 0. The number of carbonyl (C=O) groups excluding carboxylic acids is 1. The first-order valence-corrected chi connectivity index (χ1v) is 10.8. The number of pyridine rings is 2. The van der Waals surface area contributed by atoms with E-state index in [0.29, 0.717) is 11.4 Å². The Morgan fingerprint density at radius 2 is 1.93 bits per heavy atom. The first-order valence-electron chi connectivity index (χ1n) is 8.89. The van der Waals surface area contributed by atoms with E-state index in [1.54, 1.807) is 30.1 Å². The van der Waals surface area contributed by atoms with Gasteiger partial charge in [-0.3, -0.25) is 14.6 Å². The molecule has 0 atom stereocenters. The number of anilines is 1. The molecule has 29 heavy (non-hydrogen) atoms. The van der Waals surface area contributed by atoms with Crippen molar-refractivity contribution in [3.8, 4) is 10.6 Å². The Morgan fingerprint density at radius 3 is 2.62 bits per heavy atom. The number of H-pyrrole nitrogens is 1. The van der Waals surface area contributed by atoms with Gasteiger partial charge in [0.25, 0.3) is 11.5 Å². The Kier molecular flexibility index (Phi) is 5.88. The topological polar surface area (TPSA) is 74.8 Å². The van der Waals surface area contributed by atoms with Crippen molar-refractivity contribution in [1.82, 2.24) is 9.97 Å². The van der Waals surface area contributed by atoms with Gasteiger partial charge in [0.15, 0.2) is 0 Å². The number of nitrogens with one attached hydrogen (secondary N) is 2. The molecule has 0 fully saturated rings. The number of carbonyl (C=O) groups is 1. The molecule has 3 heterocycles. The summed E-state index contributed by atoms with van der Waals surface area (Å²) in [6.45, 7) is 0. The SMILES string of the molecule is O=C(Nc1ccc(SCc2cccnc2)cc1)c1ccc(-c2cccs2)[nH]c1=O. The second-order valence-corrected chi connectivity index (χ2v) is 8.22. The van der Waals surface area contributed by atoms with Gasteiger partial charge in [-0.25, -0.2) is 0 Å². The third kappa shape index (κ3) is 4.82. The molecule has 2 N–H and O–H groups in total. The Labute approximate surface area is 175 Å². The van der Waals surface area contributed by atoms with Crippen LogP contribution in [0.25, 0.3) is 10.6 Å². The van der Waals surface area contributed by atoms with Gasteiger partial charge >= 0.3 is 0 Å². The van der Waals surface area contributed by atoms with E-state index in [0.717, 1.165) is 21.1 Å². The predicted molar refractivity (Wildman–Crippen MR) is 119 cm³/mol. The average Bonchev–Trinajstić information content (AvgIpc) is 3.29. The molecule has 0 aliphatic heterocycles. The summed E-state index contributed by atoms with van der Waals surface area (Å²) in [6, 6.07) is 18.7. The van der Waals surface area contributed by atoms with Crippen LogP contribution in [-0.2, 0) is 5.75 Å². The molecule has 0 radical (unpaired) electrons. The quantitative estimate of drug-likeness (QED) is 0.429. The van der Waals surface area contributed by atoms with E-state index in [1.165, 1.54) is 11.3 Å². The fourth-order valence-electron chi connectivity index (χ4n) is 2.71. The standard InChI is InChI=1S/C22H17N3O2S2/c26-21(18-9-10-19(25-22(18)27)20-4-2-12-28-20)24-16-5-7-17(8-6-16)29-14-15-3-1-11-23-13-15/h1-13H,14H2,(H,24,26)(H,25,27). The van der Waals surface area contributed by atoms with Crippen molar-refractivity contribution in [1.29, 1.82) is 0 Å². The number of hydrogen-bond acceptors (Lipinski definition) is 5. The number of benzene rings is 1. The molecule has 1 amide bonds. The van der Waals surface area contributed by atoms with Gasteiger partial charge in [-0.05, 0) is 59.5 Å². The fraction of sp³-hybridized carbons (Fsp3) is 0.0455. The lowest BCUT2D eigenvalue weighted by molar-refractivity contribution is 0.102. The van der Waals surface area contributed by atoms with E-state index in [1.807, 2.05) is 60.1 Å². The maximum absolute atomic E-state index is 12.5. The zero-order valence-electron chi connectivity index (χ0n) is 15.3. The highest BCUT2D eigenvalue weighted by Crippen LogP contribution is 2.24. The third-order valence-corrected chi connectivity index (χ3v) is 6.17. The van der Waals surface area contributed by atoms with E-state index >= 15 is 0 Å². The number of thiophene rings is 1. The lowest BCUT2D eigenvalue weighted by atomic mass is 10.2. The number of aromatic amines is 1. The molecule has 4 aromatic rings. The number of rotatable bonds is 6. The highest BCUT2D eigenvalue weighted by atomic mass is 32.2. The first kappa shape index (κ1) is 19.2. The van der Waals surface area contributed by atoms with Gasteiger partial charge in [0.05, 0.1) is 10.6 Å². The van der Waals surface area contributed by atoms with Crippen molar-refractivity contribution < 1.29 is 4.79 Å². The molecule has 4 rings (SSSR count). The van der Waals surface area contributed by atoms with Gasteiger partial charge in [0.1, 0.15) is 5.56 Å². The van der Waals surface area contributed by atoms with Crippen molar-refractivity contribution in [2.45, 2.75) is 10.6 Å². The molecule has 0 saturated heterocycles. The van der Waals surface area contributed by atoms with Crippen LogP contribution in [0.15, 0.2) is 88.1 Å². The summed E-state index contributed by atoms with van der Waals surface area (Å²) in [5.41, 5.74) is 2.18. The largest absolute Gasteiger partial charge is 0.322 e. The molecule has 3 aromatic heterocycles. The maximum Gasteiger partial charge on any atom is 0.261 e. The monoisotopic (exact) mass is 419 g/mol. The molecule has 144 valence electrons. The summed E-state index contributed by atoms with van der Waals surface area (Å²) in [5.74, 6) is 0.394. The van der Waals surface area contributed by atoms with Crippen molar-refractivity contribution in [2.24, 2.45) is 0 Å². The molecule has 0 aliphatic carbocycles. The molecular formula is C22H17N3O2S2. The summed E-state index contributed by atoms with van der Waals surface area (Å²) in [6.07, 6.45) is 3.61. The zero-order chi connectivity index (χ0) is 20.1. The third-order valence-electron chi connectivity index (χ3n) is 4.18. The second kappa shape index (κ2) is 8.89. The number of hydrogen-bond donors (Lipinski definition) is 2. The van der Waals surface area contributed by atoms with Crippen molar-refractivity contribution >= 4 is 34.7 Å². The summed E-state index contributed by atoms with van der Waals surface area (Å²) in [5, 5.41) is 4.72. The van der Waals surface area contributed by atoms with Crippen LogP contribution in [-0.4, -0.2) is 15.9 Å². The molecular weight excluding hydrogens is 402 g/mol. The van der Waals surface area contributed by atoms with E-state index in [2.05, 4.69) is 15.3 Å². The lowest BCUT2D eigenvalue weighted by Crippen LogP contribution is -2.23. The lowest BCUT2D eigenvalue weighted by Gasteiger charge is -2.07. The molecule has 1 aromatic carbocycles. The van der Waals surface area contributed by atoms with Crippen LogP contribution in [0, 0.1) is 0 Å². The Morgan fingerprint density at radius 1 is 1.07 bits per heavy atom. The van der Waals surface area contributed by atoms with E-state index in [-0.39, 0.29) is 5.56 Å². The molecule has 0 saturated carbocycles. The zero-order valence-corrected chi connectivity index (χ0v) is 16.9. The summed E-state index contributed by atoms with van der Waals surface area (Å²) >= 11 is 3.22. The van der Waals surface area contributed by atoms with Crippen molar-refractivity contribution in [3.63, 3.8) is 0 Å².